The van der Waals surface area contributed by atoms with E-state index in [1.54, 1.807) is 5.51 Å². The van der Waals surface area contributed by atoms with Crippen LogP contribution in [-0.4, -0.2) is 42.1 Å². The van der Waals surface area contributed by atoms with Crippen LogP contribution < -0.4 is 20.1 Å². The molecular formula is C17H22N4O5S. The molecule has 0 saturated carbocycles. The fourth-order valence-corrected chi connectivity index (χ4v) is 2.92. The van der Waals surface area contributed by atoms with Crippen molar-refractivity contribution in [1.29, 1.82) is 0 Å². The van der Waals surface area contributed by atoms with Gasteiger partial charge < -0.3 is 20.1 Å². The highest BCUT2D eigenvalue weighted by molar-refractivity contribution is 7.07. The molecule has 0 spiro atoms. The Balaban J connectivity index is 2.23. The highest BCUT2D eigenvalue weighted by atomic mass is 32.1. The summed E-state index contributed by atoms with van der Waals surface area (Å²) >= 11 is 1.42. The minimum atomic E-state index is -0.613. The smallest absolute Gasteiger partial charge is 0.286 e. The first kappa shape index (κ1) is 20.6. The van der Waals surface area contributed by atoms with Gasteiger partial charge in [0, 0.05) is 24.0 Å². The summed E-state index contributed by atoms with van der Waals surface area (Å²) in [6.07, 6.45) is 0. The zero-order valence-electron chi connectivity index (χ0n) is 15.4. The number of nitrogens with zero attached hydrogens (tertiary/aromatic N) is 2. The number of nitro groups is 1. The molecule has 1 heterocycles. The molecule has 1 amide bonds. The maximum Gasteiger partial charge on any atom is 0.286 e. The van der Waals surface area contributed by atoms with Gasteiger partial charge in [0.05, 0.1) is 29.3 Å². The van der Waals surface area contributed by atoms with Gasteiger partial charge in [0.25, 0.3) is 11.6 Å². The molecular weight excluding hydrogens is 372 g/mol. The summed E-state index contributed by atoms with van der Waals surface area (Å²) in [6.45, 7) is 5.11. The highest BCUT2D eigenvalue weighted by Gasteiger charge is 2.25. The van der Waals surface area contributed by atoms with Crippen molar-refractivity contribution in [2.75, 3.05) is 20.2 Å². The van der Waals surface area contributed by atoms with E-state index in [-0.39, 0.29) is 35.4 Å². The zero-order valence-corrected chi connectivity index (χ0v) is 16.2. The summed E-state index contributed by atoms with van der Waals surface area (Å²) < 4.78 is 10.8. The number of thiazole rings is 1. The number of amides is 1. The van der Waals surface area contributed by atoms with E-state index in [1.807, 2.05) is 19.2 Å². The Morgan fingerprint density at radius 3 is 2.78 bits per heavy atom. The molecule has 0 aliphatic heterocycles. The third kappa shape index (κ3) is 5.63. The largest absolute Gasteiger partial charge is 0.493 e. The van der Waals surface area contributed by atoms with Gasteiger partial charge in [0.1, 0.15) is 12.2 Å². The first-order valence-electron chi connectivity index (χ1n) is 8.34. The van der Waals surface area contributed by atoms with Crippen molar-refractivity contribution in [2.24, 2.45) is 0 Å². The molecule has 9 nitrogen and oxygen atoms in total. The number of hydrogen-bond acceptors (Lipinski definition) is 8. The number of nitro benzene ring substituents is 1. The molecule has 2 aromatic rings. The molecule has 1 aromatic carbocycles. The Morgan fingerprint density at radius 1 is 1.41 bits per heavy atom. The van der Waals surface area contributed by atoms with Crippen LogP contribution in [0, 0.1) is 10.1 Å². The minimum absolute atomic E-state index is 0.0422. The van der Waals surface area contributed by atoms with Crippen LogP contribution >= 0.6 is 11.3 Å². The second-order valence-electron chi connectivity index (χ2n) is 5.71. The van der Waals surface area contributed by atoms with Gasteiger partial charge >= 0.3 is 0 Å². The van der Waals surface area contributed by atoms with Crippen LogP contribution in [0.25, 0.3) is 0 Å². The summed E-state index contributed by atoms with van der Waals surface area (Å²) in [5, 5.41) is 19.1. The number of carbonyl (C=O) groups excluding carboxylic acids is 1. The minimum Gasteiger partial charge on any atom is -0.493 e. The van der Waals surface area contributed by atoms with E-state index >= 15 is 0 Å². The van der Waals surface area contributed by atoms with E-state index in [4.69, 9.17) is 9.47 Å². The van der Waals surface area contributed by atoms with Gasteiger partial charge in [-0.05, 0) is 13.5 Å². The van der Waals surface area contributed by atoms with Crippen molar-refractivity contribution >= 4 is 22.9 Å². The molecule has 0 fully saturated rings. The molecule has 1 atom stereocenters. The average molecular weight is 394 g/mol. The van der Waals surface area contributed by atoms with E-state index in [2.05, 4.69) is 15.6 Å². The predicted molar refractivity (Wildman–Crippen MR) is 102 cm³/mol. The quantitative estimate of drug-likeness (QED) is 0.469. The summed E-state index contributed by atoms with van der Waals surface area (Å²) in [5.41, 5.74) is 1.93. The van der Waals surface area contributed by atoms with Gasteiger partial charge in [0.2, 0.25) is 0 Å². The summed E-state index contributed by atoms with van der Waals surface area (Å²) in [5.74, 6) is -0.133. The van der Waals surface area contributed by atoms with Crippen molar-refractivity contribution in [1.82, 2.24) is 15.6 Å². The third-order valence-corrected chi connectivity index (χ3v) is 4.34. The molecule has 0 bridgehead atoms. The molecule has 0 radical (unpaired) electrons. The molecule has 146 valence electrons. The van der Waals surface area contributed by atoms with Gasteiger partial charge in [0.15, 0.2) is 11.5 Å². The highest BCUT2D eigenvalue weighted by Crippen LogP contribution is 2.35. The first-order chi connectivity index (χ1) is 13.0. The number of rotatable bonds is 10. The van der Waals surface area contributed by atoms with Crippen molar-refractivity contribution in [3.8, 4) is 11.5 Å². The predicted octanol–water partition coefficient (Wildman–Crippen LogP) is 2.37. The average Bonchev–Trinajstić information content (AvgIpc) is 3.17. The zero-order chi connectivity index (χ0) is 19.8. The molecule has 1 aromatic heterocycles. The van der Waals surface area contributed by atoms with E-state index < -0.39 is 10.8 Å². The van der Waals surface area contributed by atoms with Gasteiger partial charge in [-0.3, -0.25) is 14.9 Å². The van der Waals surface area contributed by atoms with Crippen LogP contribution in [0.4, 0.5) is 5.69 Å². The van der Waals surface area contributed by atoms with Crippen LogP contribution in [0.2, 0.25) is 0 Å². The second kappa shape index (κ2) is 9.83. The Hall–Kier alpha value is -2.72. The van der Waals surface area contributed by atoms with Gasteiger partial charge in [-0.15, -0.1) is 11.3 Å². The normalized spacial score (nSPS) is 11.7. The molecule has 0 saturated heterocycles. The number of likely N-dealkylation sites (N-methyl/N-ethyl adjacent to an activating group) is 1. The van der Waals surface area contributed by atoms with Crippen molar-refractivity contribution in [3.05, 3.63) is 44.4 Å². The maximum atomic E-state index is 12.5. The lowest BCUT2D eigenvalue weighted by atomic mass is 10.1. The van der Waals surface area contributed by atoms with E-state index in [9.17, 15) is 14.9 Å². The standard InChI is InChI=1S/C17H22N4O5S/c1-4-18-11(2)7-19-17(22)13-5-15(25-3)16(6-14(13)21(23)24)26-8-12-9-27-10-20-12/h5-6,9-11,18H,4,7-8H2,1-3H3,(H,19,22)/t11-/m1/s1. The summed E-state index contributed by atoms with van der Waals surface area (Å²) in [4.78, 5) is 27.4. The third-order valence-electron chi connectivity index (χ3n) is 3.70. The summed E-state index contributed by atoms with van der Waals surface area (Å²) in [7, 11) is 1.41. The molecule has 0 aliphatic rings. The van der Waals surface area contributed by atoms with Crippen molar-refractivity contribution in [3.63, 3.8) is 0 Å². The molecule has 2 N–H and O–H groups in total. The van der Waals surface area contributed by atoms with Gasteiger partial charge in [-0.25, -0.2) is 4.98 Å². The van der Waals surface area contributed by atoms with Crippen molar-refractivity contribution in [2.45, 2.75) is 26.5 Å². The Labute approximate surface area is 160 Å². The van der Waals surface area contributed by atoms with Crippen LogP contribution in [-0.2, 0) is 6.61 Å². The van der Waals surface area contributed by atoms with Gasteiger partial charge in [-0.1, -0.05) is 6.92 Å². The number of methoxy groups -OCH3 is 1. The van der Waals surface area contributed by atoms with Gasteiger partial charge in [-0.2, -0.15) is 0 Å². The Morgan fingerprint density at radius 2 is 2.19 bits per heavy atom. The lowest BCUT2D eigenvalue weighted by Crippen LogP contribution is -2.39. The van der Waals surface area contributed by atoms with Crippen LogP contribution in [0.1, 0.15) is 29.9 Å². The molecule has 2 rings (SSSR count). The van der Waals surface area contributed by atoms with Crippen LogP contribution in [0.5, 0.6) is 11.5 Å². The van der Waals surface area contributed by atoms with Crippen LogP contribution in [0.3, 0.4) is 0 Å². The number of aromatic nitrogens is 1. The first-order valence-corrected chi connectivity index (χ1v) is 9.28. The molecule has 0 aliphatic carbocycles. The fraction of sp³-hybridized carbons (Fsp3) is 0.412. The Kier molecular flexibility index (Phi) is 7.50. The molecule has 10 heteroatoms. The SMILES string of the molecule is CCN[C@H](C)CNC(=O)c1cc(OC)c(OCc2cscn2)cc1[N+](=O)[O-]. The second-order valence-corrected chi connectivity index (χ2v) is 6.43. The van der Waals surface area contributed by atoms with Crippen LogP contribution in [0.15, 0.2) is 23.0 Å². The van der Waals surface area contributed by atoms with Crippen molar-refractivity contribution < 1.29 is 19.2 Å². The Bertz CT molecular complexity index is 782. The summed E-state index contributed by atoms with van der Waals surface area (Å²) in [6, 6.07) is 2.57. The monoisotopic (exact) mass is 394 g/mol. The number of hydrogen-bond donors (Lipinski definition) is 2. The van der Waals surface area contributed by atoms with E-state index in [1.165, 1.54) is 30.6 Å². The van der Waals surface area contributed by atoms with E-state index in [0.717, 1.165) is 6.54 Å². The lowest BCUT2D eigenvalue weighted by Gasteiger charge is -2.15. The number of nitrogens with one attached hydrogen (secondary N) is 2. The fourth-order valence-electron chi connectivity index (χ4n) is 2.38. The van der Waals surface area contributed by atoms with E-state index in [0.29, 0.717) is 12.2 Å². The molecule has 27 heavy (non-hydrogen) atoms. The number of ether oxygens (including phenoxy) is 2. The topological polar surface area (TPSA) is 116 Å². The lowest BCUT2D eigenvalue weighted by molar-refractivity contribution is -0.385. The number of carbonyl (C=O) groups is 1. The molecule has 0 unspecified atom stereocenters. The number of benzene rings is 1. The maximum absolute atomic E-state index is 12.5.